The molecular formula is C27H26N2O4S2. The molecule has 8 heteroatoms. The van der Waals surface area contributed by atoms with Crippen LogP contribution in [0.3, 0.4) is 0 Å². The second-order valence-electron chi connectivity index (χ2n) is 8.53. The Labute approximate surface area is 212 Å². The van der Waals surface area contributed by atoms with Crippen molar-refractivity contribution in [3.8, 4) is 0 Å². The number of esters is 1. The van der Waals surface area contributed by atoms with Crippen molar-refractivity contribution >= 4 is 45.9 Å². The molecule has 2 heterocycles. The number of aryl methyl sites for hydroxylation is 1. The van der Waals surface area contributed by atoms with Gasteiger partial charge in [0.2, 0.25) is 5.91 Å². The topological polar surface area (TPSA) is 75.7 Å². The molecule has 1 saturated heterocycles. The molecule has 0 radical (unpaired) electrons. The van der Waals surface area contributed by atoms with E-state index in [4.69, 9.17) is 4.74 Å². The Bertz CT molecular complexity index is 1250. The lowest BCUT2D eigenvalue weighted by Crippen LogP contribution is -2.27. The third kappa shape index (κ3) is 4.86. The van der Waals surface area contributed by atoms with Crippen molar-refractivity contribution in [1.29, 1.82) is 0 Å². The Morgan fingerprint density at radius 1 is 1.09 bits per heavy atom. The maximum Gasteiger partial charge on any atom is 0.341 e. The van der Waals surface area contributed by atoms with E-state index in [2.05, 4.69) is 5.32 Å². The molecule has 2 aromatic carbocycles. The Kier molecular flexibility index (Phi) is 6.92. The first-order chi connectivity index (χ1) is 17.0. The molecule has 1 atom stereocenters. The zero-order valence-corrected chi connectivity index (χ0v) is 21.0. The Morgan fingerprint density at radius 3 is 2.60 bits per heavy atom. The Hall–Kier alpha value is -3.10. The summed E-state index contributed by atoms with van der Waals surface area (Å²) in [7, 11) is 0. The van der Waals surface area contributed by atoms with Crippen molar-refractivity contribution in [2.45, 2.75) is 38.1 Å². The van der Waals surface area contributed by atoms with Crippen molar-refractivity contribution in [1.82, 2.24) is 4.90 Å². The fourth-order valence-corrected chi connectivity index (χ4v) is 7.03. The average molecular weight is 507 g/mol. The highest BCUT2D eigenvalue weighted by Crippen LogP contribution is 2.41. The molecule has 6 nitrogen and oxygen atoms in total. The van der Waals surface area contributed by atoms with Gasteiger partial charge in [-0.3, -0.25) is 9.59 Å². The molecule has 3 aromatic rings. The van der Waals surface area contributed by atoms with Gasteiger partial charge in [0.15, 0.2) is 0 Å². The minimum absolute atomic E-state index is 0.0875. The molecule has 1 fully saturated rings. The molecule has 1 aliphatic carbocycles. The van der Waals surface area contributed by atoms with Crippen LogP contribution in [0.2, 0.25) is 0 Å². The van der Waals surface area contributed by atoms with E-state index < -0.39 is 0 Å². The summed E-state index contributed by atoms with van der Waals surface area (Å²) in [4.78, 5) is 41.2. The summed E-state index contributed by atoms with van der Waals surface area (Å²) in [6.45, 7) is 2.63. The number of nitrogens with one attached hydrogen (secondary N) is 1. The molecule has 2 aliphatic rings. The van der Waals surface area contributed by atoms with Crippen molar-refractivity contribution in [2.75, 3.05) is 17.7 Å². The second-order valence-corrected chi connectivity index (χ2v) is 10.7. The number of anilines is 1. The summed E-state index contributed by atoms with van der Waals surface area (Å²) in [6.07, 6.45) is 2.78. The lowest BCUT2D eigenvalue weighted by Gasteiger charge is -2.24. The number of hydrogen-bond donors (Lipinski definition) is 1. The van der Waals surface area contributed by atoms with Gasteiger partial charge in [0.1, 0.15) is 10.4 Å². The predicted octanol–water partition coefficient (Wildman–Crippen LogP) is 5.44. The van der Waals surface area contributed by atoms with E-state index in [-0.39, 0.29) is 23.2 Å². The summed E-state index contributed by atoms with van der Waals surface area (Å²) in [5, 5.41) is 3.42. The van der Waals surface area contributed by atoms with Crippen LogP contribution in [0.5, 0.6) is 0 Å². The van der Waals surface area contributed by atoms with Gasteiger partial charge in [-0.2, -0.15) is 0 Å². The monoisotopic (exact) mass is 506 g/mol. The zero-order valence-electron chi connectivity index (χ0n) is 19.4. The molecule has 0 unspecified atom stereocenters. The quantitative estimate of drug-likeness (QED) is 0.432. The van der Waals surface area contributed by atoms with Crippen LogP contribution in [-0.2, 0) is 28.9 Å². The Balaban J connectivity index is 1.32. The van der Waals surface area contributed by atoms with Gasteiger partial charge >= 0.3 is 5.97 Å². The second kappa shape index (κ2) is 10.3. The molecule has 5 rings (SSSR count). The van der Waals surface area contributed by atoms with Crippen LogP contribution in [0.4, 0.5) is 5.00 Å². The van der Waals surface area contributed by atoms with E-state index in [0.717, 1.165) is 40.8 Å². The first-order valence-electron chi connectivity index (χ1n) is 11.7. The summed E-state index contributed by atoms with van der Waals surface area (Å²) in [5.74, 6) is -0.0837. The van der Waals surface area contributed by atoms with Gasteiger partial charge in [-0.25, -0.2) is 4.79 Å². The standard InChI is InChI=1S/C27H26N2O4S2/c1-2-33-27(32)23-20-9-6-10-21(20)35-25(23)28-24(31)18-11-13-19(14-12-18)26-29(22(30)16-34-26)15-17-7-4-3-5-8-17/h3-5,7-8,11-14,26H,2,6,9-10,15-16H2,1H3,(H,28,31)/t26-/m0/s1. The molecule has 1 aliphatic heterocycles. The number of amides is 2. The van der Waals surface area contributed by atoms with Gasteiger partial charge in [-0.15, -0.1) is 23.1 Å². The first-order valence-corrected chi connectivity index (χ1v) is 13.6. The van der Waals surface area contributed by atoms with Gasteiger partial charge in [0, 0.05) is 17.0 Å². The number of carbonyl (C=O) groups is 3. The van der Waals surface area contributed by atoms with E-state index in [9.17, 15) is 14.4 Å². The zero-order chi connectivity index (χ0) is 24.4. The summed E-state index contributed by atoms with van der Waals surface area (Å²) < 4.78 is 5.26. The fraction of sp³-hybridized carbons (Fsp3) is 0.296. The molecule has 180 valence electrons. The molecule has 0 saturated carbocycles. The SMILES string of the molecule is CCOC(=O)c1c(NC(=O)c2ccc([C@@H]3SCC(=O)N3Cc3ccccc3)cc2)sc2c1CCC2. The molecule has 35 heavy (non-hydrogen) atoms. The van der Waals surface area contributed by atoms with Gasteiger partial charge in [0.05, 0.1) is 17.9 Å². The maximum absolute atomic E-state index is 13.0. The van der Waals surface area contributed by atoms with Crippen LogP contribution in [0, 0.1) is 0 Å². The number of fused-ring (bicyclic) bond motifs is 1. The van der Waals surface area contributed by atoms with Gasteiger partial charge in [0.25, 0.3) is 5.91 Å². The molecule has 1 aromatic heterocycles. The minimum atomic E-state index is -0.376. The highest BCUT2D eigenvalue weighted by atomic mass is 32.2. The van der Waals surface area contributed by atoms with E-state index in [0.29, 0.717) is 35.0 Å². The third-order valence-electron chi connectivity index (χ3n) is 6.25. The summed E-state index contributed by atoms with van der Waals surface area (Å²) in [5.41, 5.74) is 4.09. The molecule has 0 spiro atoms. The molecule has 1 N–H and O–H groups in total. The van der Waals surface area contributed by atoms with Crippen LogP contribution >= 0.6 is 23.1 Å². The van der Waals surface area contributed by atoms with Crippen molar-refractivity contribution in [2.24, 2.45) is 0 Å². The number of nitrogens with zero attached hydrogens (tertiary/aromatic N) is 1. The lowest BCUT2D eigenvalue weighted by molar-refractivity contribution is -0.128. The summed E-state index contributed by atoms with van der Waals surface area (Å²) in [6, 6.07) is 17.3. The largest absolute Gasteiger partial charge is 0.462 e. The number of rotatable bonds is 7. The van der Waals surface area contributed by atoms with Gasteiger partial charge in [-0.1, -0.05) is 42.5 Å². The number of benzene rings is 2. The number of thiophene rings is 1. The summed E-state index contributed by atoms with van der Waals surface area (Å²) >= 11 is 3.07. The van der Waals surface area contributed by atoms with Crippen LogP contribution in [-0.4, -0.2) is 35.0 Å². The Morgan fingerprint density at radius 2 is 1.86 bits per heavy atom. The van der Waals surface area contributed by atoms with Crippen molar-refractivity contribution in [3.63, 3.8) is 0 Å². The number of carbonyl (C=O) groups excluding carboxylic acids is 3. The van der Waals surface area contributed by atoms with E-state index >= 15 is 0 Å². The highest BCUT2D eigenvalue weighted by Gasteiger charge is 2.33. The van der Waals surface area contributed by atoms with Crippen molar-refractivity contribution in [3.05, 3.63) is 87.3 Å². The van der Waals surface area contributed by atoms with Crippen LogP contribution < -0.4 is 5.32 Å². The first kappa shape index (κ1) is 23.6. The maximum atomic E-state index is 13.0. The normalized spacial score (nSPS) is 16.9. The van der Waals surface area contributed by atoms with Crippen LogP contribution in [0.1, 0.15) is 61.0 Å². The average Bonchev–Trinajstić information content (AvgIpc) is 3.55. The van der Waals surface area contributed by atoms with Gasteiger partial charge < -0.3 is 15.0 Å². The predicted molar refractivity (Wildman–Crippen MR) is 139 cm³/mol. The fourth-order valence-electron chi connectivity index (χ4n) is 4.57. The van der Waals surface area contributed by atoms with E-state index in [1.807, 2.05) is 47.4 Å². The number of hydrogen-bond acceptors (Lipinski definition) is 6. The van der Waals surface area contributed by atoms with Crippen LogP contribution in [0.25, 0.3) is 0 Å². The molecular weight excluding hydrogens is 480 g/mol. The van der Waals surface area contributed by atoms with Gasteiger partial charge in [-0.05, 0) is 55.0 Å². The lowest BCUT2D eigenvalue weighted by atomic mass is 10.1. The molecule has 2 amide bonds. The minimum Gasteiger partial charge on any atom is -0.462 e. The third-order valence-corrected chi connectivity index (χ3v) is 8.71. The highest BCUT2D eigenvalue weighted by molar-refractivity contribution is 8.00. The molecule has 0 bridgehead atoms. The van der Waals surface area contributed by atoms with Crippen LogP contribution in [0.15, 0.2) is 54.6 Å². The number of thioether (sulfide) groups is 1. The number of ether oxygens (including phenoxy) is 1. The smallest absolute Gasteiger partial charge is 0.341 e. The van der Waals surface area contributed by atoms with E-state index in [1.165, 1.54) is 11.3 Å². The van der Waals surface area contributed by atoms with E-state index in [1.54, 1.807) is 30.8 Å². The van der Waals surface area contributed by atoms with Crippen molar-refractivity contribution < 1.29 is 19.1 Å².